The van der Waals surface area contributed by atoms with E-state index in [1.54, 1.807) is 12.1 Å². The fourth-order valence-electron chi connectivity index (χ4n) is 1.93. The van der Waals surface area contributed by atoms with Crippen molar-refractivity contribution in [1.82, 2.24) is 5.32 Å². The molecule has 2 rings (SSSR count). The highest BCUT2D eigenvalue weighted by Gasteiger charge is 2.17. The Kier molecular flexibility index (Phi) is 3.51. The van der Waals surface area contributed by atoms with Crippen LogP contribution in [-0.2, 0) is 4.79 Å². The van der Waals surface area contributed by atoms with Crippen LogP contribution in [0.25, 0.3) is 0 Å². The second-order valence-electron chi connectivity index (χ2n) is 4.12. The van der Waals surface area contributed by atoms with Crippen molar-refractivity contribution >= 4 is 11.6 Å². The van der Waals surface area contributed by atoms with Gasteiger partial charge >= 0.3 is 0 Å². The Bertz CT molecular complexity index is 375. The van der Waals surface area contributed by atoms with Gasteiger partial charge in [-0.1, -0.05) is 6.07 Å². The summed E-state index contributed by atoms with van der Waals surface area (Å²) in [6.07, 6.45) is 1.54. The molecule has 1 atom stereocenters. The zero-order chi connectivity index (χ0) is 11.4. The van der Waals surface area contributed by atoms with E-state index in [0.29, 0.717) is 18.0 Å². The maximum atomic E-state index is 12.9. The molecule has 0 spiro atoms. The molecule has 1 saturated heterocycles. The van der Waals surface area contributed by atoms with Gasteiger partial charge in [0.2, 0.25) is 5.91 Å². The molecule has 1 aliphatic heterocycles. The van der Waals surface area contributed by atoms with Crippen LogP contribution in [0, 0.1) is 11.7 Å². The first kappa shape index (κ1) is 11.1. The minimum absolute atomic E-state index is 0.0423. The van der Waals surface area contributed by atoms with Crippen LogP contribution in [0.5, 0.6) is 0 Å². The number of anilines is 1. The van der Waals surface area contributed by atoms with Crippen molar-refractivity contribution < 1.29 is 9.18 Å². The van der Waals surface area contributed by atoms with Gasteiger partial charge in [-0.15, -0.1) is 0 Å². The molecule has 1 heterocycles. The van der Waals surface area contributed by atoms with Gasteiger partial charge in [-0.25, -0.2) is 4.39 Å². The summed E-state index contributed by atoms with van der Waals surface area (Å²) < 4.78 is 12.9. The van der Waals surface area contributed by atoms with Crippen LogP contribution in [0.1, 0.15) is 12.8 Å². The Morgan fingerprint density at radius 2 is 2.44 bits per heavy atom. The van der Waals surface area contributed by atoms with Gasteiger partial charge in [0.25, 0.3) is 0 Å². The van der Waals surface area contributed by atoms with Crippen molar-refractivity contribution in [2.75, 3.05) is 18.4 Å². The van der Waals surface area contributed by atoms with E-state index in [1.807, 2.05) is 0 Å². The Morgan fingerprint density at radius 1 is 1.56 bits per heavy atom. The molecular formula is C12H15FN2O. The zero-order valence-electron chi connectivity index (χ0n) is 9.00. The van der Waals surface area contributed by atoms with Crippen molar-refractivity contribution in [1.29, 1.82) is 0 Å². The Labute approximate surface area is 94.0 Å². The molecule has 4 heteroatoms. The van der Waals surface area contributed by atoms with Gasteiger partial charge < -0.3 is 10.6 Å². The monoisotopic (exact) mass is 222 g/mol. The van der Waals surface area contributed by atoms with Gasteiger partial charge in [0.15, 0.2) is 0 Å². The van der Waals surface area contributed by atoms with Crippen LogP contribution >= 0.6 is 0 Å². The molecule has 1 unspecified atom stereocenters. The van der Waals surface area contributed by atoms with Gasteiger partial charge in [-0.2, -0.15) is 0 Å². The minimum atomic E-state index is -0.333. The Balaban J connectivity index is 1.86. The quantitative estimate of drug-likeness (QED) is 0.818. The summed E-state index contributed by atoms with van der Waals surface area (Å²) in [5.41, 5.74) is 0.524. The molecule has 0 radical (unpaired) electrons. The third-order valence-corrected chi connectivity index (χ3v) is 2.74. The number of amides is 1. The van der Waals surface area contributed by atoms with Gasteiger partial charge in [0.1, 0.15) is 5.82 Å². The first-order valence-corrected chi connectivity index (χ1v) is 5.50. The predicted molar refractivity (Wildman–Crippen MR) is 60.6 cm³/mol. The molecule has 1 aromatic rings. The lowest BCUT2D eigenvalue weighted by molar-refractivity contribution is -0.116. The highest BCUT2D eigenvalue weighted by atomic mass is 19.1. The first-order valence-electron chi connectivity index (χ1n) is 5.50. The van der Waals surface area contributed by atoms with Crippen molar-refractivity contribution in [2.24, 2.45) is 5.92 Å². The molecular weight excluding hydrogens is 207 g/mol. The maximum Gasteiger partial charge on any atom is 0.224 e. The van der Waals surface area contributed by atoms with Crippen molar-refractivity contribution in [2.45, 2.75) is 12.8 Å². The number of carbonyl (C=O) groups is 1. The van der Waals surface area contributed by atoms with Crippen LogP contribution in [0.15, 0.2) is 24.3 Å². The summed E-state index contributed by atoms with van der Waals surface area (Å²) in [5, 5.41) is 5.91. The van der Waals surface area contributed by atoms with E-state index in [1.165, 1.54) is 12.1 Å². The molecule has 86 valence electrons. The SMILES string of the molecule is O=C(CC1CCNC1)Nc1cccc(F)c1. The standard InChI is InChI=1S/C12H15FN2O/c13-10-2-1-3-11(7-10)15-12(16)6-9-4-5-14-8-9/h1-3,7,9,14H,4-6,8H2,(H,15,16). The number of hydrogen-bond donors (Lipinski definition) is 2. The highest BCUT2D eigenvalue weighted by molar-refractivity contribution is 5.90. The molecule has 16 heavy (non-hydrogen) atoms. The maximum absolute atomic E-state index is 12.9. The van der Waals surface area contributed by atoms with Crippen LogP contribution in [0.2, 0.25) is 0 Å². The van der Waals surface area contributed by atoms with E-state index in [2.05, 4.69) is 10.6 Å². The second-order valence-corrected chi connectivity index (χ2v) is 4.12. The predicted octanol–water partition coefficient (Wildman–Crippen LogP) is 1.76. The van der Waals surface area contributed by atoms with Crippen LogP contribution in [0.3, 0.4) is 0 Å². The first-order chi connectivity index (χ1) is 7.74. The van der Waals surface area contributed by atoms with Crippen LogP contribution in [-0.4, -0.2) is 19.0 Å². The number of carbonyl (C=O) groups excluding carboxylic acids is 1. The average Bonchev–Trinajstić information content (AvgIpc) is 2.70. The molecule has 1 fully saturated rings. The molecule has 0 saturated carbocycles. The molecule has 3 nitrogen and oxygen atoms in total. The minimum Gasteiger partial charge on any atom is -0.326 e. The van der Waals surface area contributed by atoms with Gasteiger partial charge in [0, 0.05) is 12.1 Å². The second kappa shape index (κ2) is 5.07. The van der Waals surface area contributed by atoms with E-state index in [0.717, 1.165) is 19.5 Å². The highest BCUT2D eigenvalue weighted by Crippen LogP contribution is 2.14. The van der Waals surface area contributed by atoms with E-state index < -0.39 is 0 Å². The fourth-order valence-corrected chi connectivity index (χ4v) is 1.93. The molecule has 0 aliphatic carbocycles. The summed E-state index contributed by atoms with van der Waals surface area (Å²) in [4.78, 5) is 11.6. The largest absolute Gasteiger partial charge is 0.326 e. The van der Waals surface area contributed by atoms with Crippen LogP contribution in [0.4, 0.5) is 10.1 Å². The summed E-state index contributed by atoms with van der Waals surface area (Å²) in [6.45, 7) is 1.88. The Morgan fingerprint density at radius 3 is 3.12 bits per heavy atom. The summed E-state index contributed by atoms with van der Waals surface area (Å²) in [5.74, 6) is 0.0354. The summed E-state index contributed by atoms with van der Waals surface area (Å²) >= 11 is 0. The lowest BCUT2D eigenvalue weighted by Gasteiger charge is -2.08. The third kappa shape index (κ3) is 3.03. The number of rotatable bonds is 3. The zero-order valence-corrected chi connectivity index (χ0v) is 9.00. The number of hydrogen-bond acceptors (Lipinski definition) is 2. The van der Waals surface area contributed by atoms with Gasteiger partial charge in [0.05, 0.1) is 0 Å². The topological polar surface area (TPSA) is 41.1 Å². The van der Waals surface area contributed by atoms with E-state index in [9.17, 15) is 9.18 Å². The number of nitrogens with one attached hydrogen (secondary N) is 2. The van der Waals surface area contributed by atoms with Crippen molar-refractivity contribution in [3.63, 3.8) is 0 Å². The van der Waals surface area contributed by atoms with Gasteiger partial charge in [-0.05, 0) is 43.6 Å². The fraction of sp³-hybridized carbons (Fsp3) is 0.417. The number of halogens is 1. The third-order valence-electron chi connectivity index (χ3n) is 2.74. The van der Waals surface area contributed by atoms with E-state index in [-0.39, 0.29) is 11.7 Å². The summed E-state index contributed by atoms with van der Waals surface area (Å²) in [7, 11) is 0. The lowest BCUT2D eigenvalue weighted by Crippen LogP contribution is -2.18. The summed E-state index contributed by atoms with van der Waals surface area (Å²) in [6, 6.07) is 5.96. The van der Waals surface area contributed by atoms with Crippen LogP contribution < -0.4 is 10.6 Å². The van der Waals surface area contributed by atoms with E-state index in [4.69, 9.17) is 0 Å². The van der Waals surface area contributed by atoms with Gasteiger partial charge in [-0.3, -0.25) is 4.79 Å². The normalized spacial score (nSPS) is 19.7. The molecule has 0 bridgehead atoms. The van der Waals surface area contributed by atoms with Crippen molar-refractivity contribution in [3.05, 3.63) is 30.1 Å². The molecule has 1 aliphatic rings. The smallest absolute Gasteiger partial charge is 0.224 e. The van der Waals surface area contributed by atoms with Crippen molar-refractivity contribution in [3.8, 4) is 0 Å². The molecule has 2 N–H and O–H groups in total. The molecule has 1 amide bonds. The Hall–Kier alpha value is -1.42. The average molecular weight is 222 g/mol. The lowest BCUT2D eigenvalue weighted by atomic mass is 10.0. The number of benzene rings is 1. The molecule has 0 aromatic heterocycles. The van der Waals surface area contributed by atoms with E-state index >= 15 is 0 Å². The molecule has 1 aromatic carbocycles.